The smallest absolute Gasteiger partial charge is 0.328 e. The molecule has 0 radical (unpaired) electrons. The summed E-state index contributed by atoms with van der Waals surface area (Å²) in [6.45, 7) is 5.38. The third kappa shape index (κ3) is 8.13. The zero-order chi connectivity index (χ0) is 23.7. The lowest BCUT2D eigenvalue weighted by atomic mass is 9.97. The summed E-state index contributed by atoms with van der Waals surface area (Å²) in [5, 5.41) is 37.7. The summed E-state index contributed by atoms with van der Waals surface area (Å²) in [7, 11) is 0. The van der Waals surface area contributed by atoms with Crippen molar-refractivity contribution < 1.29 is 39.3 Å². The molecule has 0 spiro atoms. The van der Waals surface area contributed by atoms with Crippen LogP contribution in [0.1, 0.15) is 46.5 Å². The van der Waals surface area contributed by atoms with Crippen LogP contribution in [0, 0.1) is 5.92 Å². The van der Waals surface area contributed by atoms with E-state index in [2.05, 4.69) is 16.0 Å². The van der Waals surface area contributed by atoms with Crippen LogP contribution in [0.2, 0.25) is 0 Å². The van der Waals surface area contributed by atoms with E-state index in [0.717, 1.165) is 13.3 Å². The molecule has 12 heteroatoms. The molecule has 12 nitrogen and oxygen atoms in total. The zero-order valence-corrected chi connectivity index (χ0v) is 17.9. The molecule has 1 fully saturated rings. The first kappa shape index (κ1) is 26.3. The lowest BCUT2D eigenvalue weighted by Crippen LogP contribution is -2.59. The average molecular weight is 444 g/mol. The molecular formula is C19H32N4O8. The molecule has 0 aromatic heterocycles. The molecular weight excluding hydrogens is 412 g/mol. The summed E-state index contributed by atoms with van der Waals surface area (Å²) in [6.07, 6.45) is -0.285. The maximum Gasteiger partial charge on any atom is 0.328 e. The van der Waals surface area contributed by atoms with E-state index in [9.17, 15) is 29.1 Å². The standard InChI is InChI=1S/C19H32N4O8/c1-4-9(2)14(22-16(27)11-6-5-7-20-11)18(29)21-12(8-13(25)26)17(28)23-15(10(3)24)19(30)31/h9-12,14-15,20,24H,4-8H2,1-3H3,(H,21,29)(H,22,27)(H,23,28)(H,25,26)(H,30,31). The molecule has 3 amide bonds. The first-order chi connectivity index (χ1) is 14.5. The quantitative estimate of drug-likeness (QED) is 0.181. The van der Waals surface area contributed by atoms with E-state index < -0.39 is 60.4 Å². The molecule has 0 aromatic carbocycles. The highest BCUT2D eigenvalue weighted by molar-refractivity contribution is 5.95. The molecule has 0 aliphatic carbocycles. The minimum absolute atomic E-state index is 0.317. The summed E-state index contributed by atoms with van der Waals surface area (Å²) < 4.78 is 0. The van der Waals surface area contributed by atoms with E-state index in [4.69, 9.17) is 10.2 Å². The van der Waals surface area contributed by atoms with Gasteiger partial charge in [-0.05, 0) is 32.2 Å². The second kappa shape index (κ2) is 12.2. The molecule has 1 saturated heterocycles. The molecule has 1 aliphatic heterocycles. The Balaban J connectivity index is 2.96. The number of aliphatic hydroxyl groups is 1. The minimum atomic E-state index is -1.68. The van der Waals surface area contributed by atoms with Gasteiger partial charge < -0.3 is 36.6 Å². The fourth-order valence-electron chi connectivity index (χ4n) is 3.15. The van der Waals surface area contributed by atoms with Gasteiger partial charge in [0.25, 0.3) is 0 Å². The van der Waals surface area contributed by atoms with Crippen molar-refractivity contribution in [3.05, 3.63) is 0 Å². The Bertz CT molecular complexity index is 678. The largest absolute Gasteiger partial charge is 0.481 e. The van der Waals surface area contributed by atoms with E-state index in [0.29, 0.717) is 19.4 Å². The van der Waals surface area contributed by atoms with Crippen molar-refractivity contribution >= 4 is 29.7 Å². The van der Waals surface area contributed by atoms with Crippen molar-refractivity contribution in [2.45, 2.75) is 76.7 Å². The van der Waals surface area contributed by atoms with Crippen LogP contribution in [-0.2, 0) is 24.0 Å². The number of rotatable bonds is 12. The van der Waals surface area contributed by atoms with Crippen molar-refractivity contribution in [2.24, 2.45) is 5.92 Å². The first-order valence-electron chi connectivity index (χ1n) is 10.2. The molecule has 6 unspecified atom stereocenters. The summed E-state index contributed by atoms with van der Waals surface area (Å²) in [5.41, 5.74) is 0. The predicted octanol–water partition coefficient (Wildman–Crippen LogP) is -1.82. The van der Waals surface area contributed by atoms with Crippen molar-refractivity contribution in [2.75, 3.05) is 6.54 Å². The van der Waals surface area contributed by atoms with Crippen LogP contribution >= 0.6 is 0 Å². The Morgan fingerprint density at radius 3 is 2.10 bits per heavy atom. The highest BCUT2D eigenvalue weighted by Gasteiger charge is 2.35. The highest BCUT2D eigenvalue weighted by atomic mass is 16.4. The molecule has 1 heterocycles. The normalized spacial score (nSPS) is 20.6. The number of carbonyl (C=O) groups excluding carboxylic acids is 3. The summed E-state index contributed by atoms with van der Waals surface area (Å²) in [6, 6.07) is -4.73. The van der Waals surface area contributed by atoms with Crippen LogP contribution in [0.4, 0.5) is 0 Å². The Hall–Kier alpha value is -2.73. The monoisotopic (exact) mass is 444 g/mol. The topological polar surface area (TPSA) is 194 Å². The fraction of sp³-hybridized carbons (Fsp3) is 0.737. The van der Waals surface area contributed by atoms with Gasteiger partial charge in [-0.15, -0.1) is 0 Å². The summed E-state index contributed by atoms with van der Waals surface area (Å²) in [5.74, 6) is -5.43. The van der Waals surface area contributed by atoms with Crippen molar-refractivity contribution in [1.29, 1.82) is 0 Å². The van der Waals surface area contributed by atoms with E-state index in [1.165, 1.54) is 0 Å². The zero-order valence-electron chi connectivity index (χ0n) is 17.9. The van der Waals surface area contributed by atoms with E-state index in [1.54, 1.807) is 6.92 Å². The van der Waals surface area contributed by atoms with Crippen molar-refractivity contribution in [3.63, 3.8) is 0 Å². The molecule has 6 atom stereocenters. The maximum absolute atomic E-state index is 12.9. The van der Waals surface area contributed by atoms with Gasteiger partial charge in [-0.3, -0.25) is 19.2 Å². The van der Waals surface area contributed by atoms with Crippen molar-refractivity contribution in [3.8, 4) is 0 Å². The molecule has 31 heavy (non-hydrogen) atoms. The Labute approximate surface area is 180 Å². The van der Waals surface area contributed by atoms with E-state index in [-0.39, 0.29) is 11.8 Å². The van der Waals surface area contributed by atoms with Gasteiger partial charge in [0, 0.05) is 0 Å². The Kier molecular flexibility index (Phi) is 10.4. The molecule has 0 saturated carbocycles. The van der Waals surface area contributed by atoms with Gasteiger partial charge in [-0.1, -0.05) is 20.3 Å². The molecule has 0 bridgehead atoms. The lowest BCUT2D eigenvalue weighted by molar-refractivity contribution is -0.146. The first-order valence-corrected chi connectivity index (χ1v) is 10.2. The number of hydrogen-bond acceptors (Lipinski definition) is 7. The average Bonchev–Trinajstić information content (AvgIpc) is 3.22. The minimum Gasteiger partial charge on any atom is -0.481 e. The fourth-order valence-corrected chi connectivity index (χ4v) is 3.15. The number of carboxylic acids is 2. The lowest BCUT2D eigenvalue weighted by Gasteiger charge is -2.27. The van der Waals surface area contributed by atoms with Gasteiger partial charge in [-0.25, -0.2) is 4.79 Å². The van der Waals surface area contributed by atoms with Crippen molar-refractivity contribution in [1.82, 2.24) is 21.3 Å². The van der Waals surface area contributed by atoms with E-state index in [1.807, 2.05) is 12.2 Å². The molecule has 7 N–H and O–H groups in total. The van der Waals surface area contributed by atoms with Gasteiger partial charge in [0.1, 0.15) is 12.1 Å². The van der Waals surface area contributed by atoms with Gasteiger partial charge in [-0.2, -0.15) is 0 Å². The van der Waals surface area contributed by atoms with Crippen LogP contribution in [0.5, 0.6) is 0 Å². The number of carbonyl (C=O) groups is 5. The molecule has 176 valence electrons. The second-order valence-corrected chi connectivity index (χ2v) is 7.74. The Morgan fingerprint density at radius 1 is 1.00 bits per heavy atom. The van der Waals surface area contributed by atoms with Crippen LogP contribution in [-0.4, -0.2) is 81.8 Å². The van der Waals surface area contributed by atoms with Gasteiger partial charge in [0.15, 0.2) is 6.04 Å². The van der Waals surface area contributed by atoms with Gasteiger partial charge in [0.2, 0.25) is 17.7 Å². The van der Waals surface area contributed by atoms with Crippen LogP contribution in [0.15, 0.2) is 0 Å². The second-order valence-electron chi connectivity index (χ2n) is 7.74. The number of nitrogens with one attached hydrogen (secondary N) is 4. The maximum atomic E-state index is 12.9. The number of aliphatic carboxylic acids is 2. The van der Waals surface area contributed by atoms with Crippen LogP contribution in [0.25, 0.3) is 0 Å². The van der Waals surface area contributed by atoms with Gasteiger partial charge in [0.05, 0.1) is 18.6 Å². The van der Waals surface area contributed by atoms with Crippen LogP contribution in [0.3, 0.4) is 0 Å². The number of hydrogen-bond donors (Lipinski definition) is 7. The number of aliphatic hydroxyl groups excluding tert-OH is 1. The number of amides is 3. The SMILES string of the molecule is CCC(C)C(NC(=O)C1CCCN1)C(=O)NC(CC(=O)O)C(=O)NC(C(=O)O)C(C)O. The Morgan fingerprint density at radius 2 is 1.65 bits per heavy atom. The third-order valence-corrected chi connectivity index (χ3v) is 5.23. The highest BCUT2D eigenvalue weighted by Crippen LogP contribution is 2.12. The summed E-state index contributed by atoms with van der Waals surface area (Å²) in [4.78, 5) is 60.2. The van der Waals surface area contributed by atoms with Crippen LogP contribution < -0.4 is 21.3 Å². The number of carboxylic acid groups (broad SMARTS) is 2. The predicted molar refractivity (Wildman–Crippen MR) is 108 cm³/mol. The summed E-state index contributed by atoms with van der Waals surface area (Å²) >= 11 is 0. The molecule has 0 aromatic rings. The molecule has 1 rings (SSSR count). The molecule has 1 aliphatic rings. The van der Waals surface area contributed by atoms with Gasteiger partial charge >= 0.3 is 11.9 Å². The van der Waals surface area contributed by atoms with E-state index >= 15 is 0 Å². The third-order valence-electron chi connectivity index (χ3n) is 5.23.